The molecule has 2 aliphatic heterocycles. The van der Waals surface area contributed by atoms with Crippen molar-refractivity contribution in [2.75, 3.05) is 13.1 Å². The van der Waals surface area contributed by atoms with E-state index in [1.54, 1.807) is 24.3 Å². The molecular weight excluding hydrogens is 496 g/mol. The number of benzene rings is 1. The molecule has 3 unspecified atom stereocenters. The summed E-state index contributed by atoms with van der Waals surface area (Å²) in [6.45, 7) is 5.40. The average Bonchev–Trinajstić information content (AvgIpc) is 3.44. The molecule has 0 bridgehead atoms. The number of rotatable bonds is 7. The van der Waals surface area contributed by atoms with Gasteiger partial charge in [0.25, 0.3) is 21.0 Å². The summed E-state index contributed by atoms with van der Waals surface area (Å²) in [7, 11) is -4.50. The van der Waals surface area contributed by atoms with E-state index in [-0.39, 0.29) is 24.4 Å². The van der Waals surface area contributed by atoms with E-state index in [1.807, 2.05) is 20.8 Å². The van der Waals surface area contributed by atoms with Gasteiger partial charge in [-0.15, -0.1) is 0 Å². The van der Waals surface area contributed by atoms with Crippen molar-refractivity contribution in [3.63, 3.8) is 0 Å². The van der Waals surface area contributed by atoms with E-state index < -0.39 is 57.4 Å². The molecule has 0 spiro atoms. The molecule has 2 aromatic rings. The first-order valence-electron chi connectivity index (χ1n) is 12.2. The van der Waals surface area contributed by atoms with Crippen molar-refractivity contribution in [1.82, 2.24) is 19.5 Å². The number of aromatic nitrogens is 1. The van der Waals surface area contributed by atoms with Crippen LogP contribution >= 0.6 is 0 Å². The zero-order valence-corrected chi connectivity index (χ0v) is 21.8. The standard InChI is InChI=1S/C26H30N4O6S/c1-16(2)13-20(28-24(32)18-8-6-17(3)7-9-18)25(33)29-12-10-21-23(29)22(31)15-30(21)37(35,36)26(34)19-5-4-11-27-14-19/h4-9,11,14,16,20-21,23H,10,12-13,15H2,1-3H3,(H,28,32). The molecule has 2 fully saturated rings. The number of nitrogens with one attached hydrogen (secondary N) is 1. The monoisotopic (exact) mass is 526 g/mol. The number of hydrogen-bond acceptors (Lipinski definition) is 7. The smallest absolute Gasteiger partial charge is 0.293 e. The number of likely N-dealkylation sites (tertiary alicyclic amines) is 1. The summed E-state index contributed by atoms with van der Waals surface area (Å²) >= 11 is 0. The van der Waals surface area contributed by atoms with Gasteiger partial charge in [0.2, 0.25) is 5.91 Å². The van der Waals surface area contributed by atoms with Crippen LogP contribution in [0.1, 0.15) is 53.0 Å². The van der Waals surface area contributed by atoms with Crippen LogP contribution < -0.4 is 5.32 Å². The third-order valence-electron chi connectivity index (χ3n) is 6.73. The molecule has 196 valence electrons. The van der Waals surface area contributed by atoms with Crippen LogP contribution in [0.15, 0.2) is 48.8 Å². The number of ketones is 1. The van der Waals surface area contributed by atoms with Gasteiger partial charge >= 0.3 is 0 Å². The molecule has 3 atom stereocenters. The highest BCUT2D eigenvalue weighted by Crippen LogP contribution is 2.33. The van der Waals surface area contributed by atoms with Crippen LogP contribution in [-0.4, -0.2) is 76.5 Å². The third-order valence-corrected chi connectivity index (χ3v) is 8.45. The summed E-state index contributed by atoms with van der Waals surface area (Å²) in [6, 6.07) is 7.03. The number of fused-ring (bicyclic) bond motifs is 1. The average molecular weight is 527 g/mol. The molecule has 37 heavy (non-hydrogen) atoms. The second-order valence-corrected chi connectivity index (χ2v) is 11.7. The number of aryl methyl sites for hydroxylation is 1. The van der Waals surface area contributed by atoms with Crippen molar-refractivity contribution in [3.8, 4) is 0 Å². The molecule has 4 rings (SSSR count). The summed E-state index contributed by atoms with van der Waals surface area (Å²) in [5.41, 5.74) is 1.31. The van der Waals surface area contributed by atoms with Gasteiger partial charge in [0.05, 0.1) is 18.2 Å². The molecule has 1 aromatic carbocycles. The van der Waals surface area contributed by atoms with E-state index in [4.69, 9.17) is 0 Å². The molecule has 0 aliphatic carbocycles. The highest BCUT2D eigenvalue weighted by atomic mass is 32.2. The van der Waals surface area contributed by atoms with Crippen LogP contribution in [-0.2, 0) is 19.6 Å². The first-order valence-corrected chi connectivity index (χ1v) is 13.6. The van der Waals surface area contributed by atoms with E-state index in [2.05, 4.69) is 10.3 Å². The second kappa shape index (κ2) is 10.5. The first-order chi connectivity index (χ1) is 17.5. The van der Waals surface area contributed by atoms with E-state index in [1.165, 1.54) is 23.2 Å². The molecule has 10 nitrogen and oxygen atoms in total. The summed E-state index contributed by atoms with van der Waals surface area (Å²) in [5, 5.41) is 1.67. The van der Waals surface area contributed by atoms with Gasteiger partial charge in [-0.2, -0.15) is 4.31 Å². The van der Waals surface area contributed by atoms with Crippen molar-refractivity contribution < 1.29 is 27.6 Å². The Balaban J connectivity index is 1.54. The number of Topliss-reactive ketones (excluding diaryl/α,β-unsaturated/α-hetero) is 1. The lowest BCUT2D eigenvalue weighted by Crippen LogP contribution is -2.53. The van der Waals surface area contributed by atoms with Crippen LogP contribution in [0, 0.1) is 12.8 Å². The van der Waals surface area contributed by atoms with Crippen LogP contribution in [0.3, 0.4) is 0 Å². The number of carbonyl (C=O) groups excluding carboxylic acids is 4. The summed E-state index contributed by atoms with van der Waals surface area (Å²) in [6.07, 6.45) is 3.14. The number of sulfonamides is 1. The second-order valence-electron chi connectivity index (χ2n) is 9.90. The van der Waals surface area contributed by atoms with Gasteiger partial charge in [-0.05, 0) is 49.9 Å². The predicted molar refractivity (Wildman–Crippen MR) is 135 cm³/mol. The number of amides is 2. The maximum Gasteiger partial charge on any atom is 0.293 e. The van der Waals surface area contributed by atoms with Crippen LogP contribution in [0.5, 0.6) is 0 Å². The van der Waals surface area contributed by atoms with E-state index in [9.17, 15) is 27.6 Å². The van der Waals surface area contributed by atoms with E-state index in [0.717, 1.165) is 16.1 Å². The van der Waals surface area contributed by atoms with Crippen molar-refractivity contribution in [1.29, 1.82) is 0 Å². The molecule has 3 heterocycles. The number of pyridine rings is 1. The Kier molecular flexibility index (Phi) is 7.56. The minimum absolute atomic E-state index is 0.0685. The molecule has 0 saturated carbocycles. The topological polar surface area (TPSA) is 134 Å². The third kappa shape index (κ3) is 5.33. The fourth-order valence-corrected chi connectivity index (χ4v) is 6.43. The lowest BCUT2D eigenvalue weighted by atomic mass is 10.0. The van der Waals surface area contributed by atoms with E-state index >= 15 is 0 Å². The van der Waals surface area contributed by atoms with Gasteiger partial charge in [-0.1, -0.05) is 31.5 Å². The first kappa shape index (κ1) is 26.6. The molecule has 11 heteroatoms. The fourth-order valence-electron chi connectivity index (χ4n) is 4.92. The Bertz CT molecular complexity index is 1310. The Morgan fingerprint density at radius 2 is 1.81 bits per heavy atom. The van der Waals surface area contributed by atoms with Crippen LogP contribution in [0.4, 0.5) is 0 Å². The van der Waals surface area contributed by atoms with Crippen LogP contribution in [0.25, 0.3) is 0 Å². The Hall–Kier alpha value is -3.44. The summed E-state index contributed by atoms with van der Waals surface area (Å²) in [4.78, 5) is 57.4. The lowest BCUT2D eigenvalue weighted by Gasteiger charge is -2.29. The maximum atomic E-state index is 13.6. The fraction of sp³-hybridized carbons (Fsp3) is 0.423. The van der Waals surface area contributed by atoms with Crippen molar-refractivity contribution in [2.45, 2.75) is 51.7 Å². The SMILES string of the molecule is Cc1ccc(C(=O)NC(CC(C)C)C(=O)N2CCC3C2C(=O)CN3S(=O)(=O)C(=O)c2cccnc2)cc1. The van der Waals surface area contributed by atoms with Gasteiger partial charge in [-0.3, -0.25) is 24.2 Å². The van der Waals surface area contributed by atoms with Crippen molar-refractivity contribution in [2.24, 2.45) is 5.92 Å². The molecule has 1 N–H and O–H groups in total. The largest absolute Gasteiger partial charge is 0.340 e. The highest BCUT2D eigenvalue weighted by Gasteiger charge is 2.55. The Labute approximate surface area is 216 Å². The normalized spacial score (nSPS) is 20.6. The van der Waals surface area contributed by atoms with Crippen molar-refractivity contribution >= 4 is 32.7 Å². The van der Waals surface area contributed by atoms with Gasteiger partial charge in [0.1, 0.15) is 12.1 Å². The molecule has 2 saturated heterocycles. The minimum atomic E-state index is -4.50. The zero-order chi connectivity index (χ0) is 26.9. The lowest BCUT2D eigenvalue weighted by molar-refractivity contribution is -0.138. The van der Waals surface area contributed by atoms with Crippen LogP contribution in [0.2, 0.25) is 0 Å². The quantitative estimate of drug-likeness (QED) is 0.579. The molecule has 0 radical (unpaired) electrons. The zero-order valence-electron chi connectivity index (χ0n) is 21.0. The van der Waals surface area contributed by atoms with Gasteiger partial charge in [0, 0.05) is 24.5 Å². The van der Waals surface area contributed by atoms with E-state index in [0.29, 0.717) is 12.0 Å². The van der Waals surface area contributed by atoms with Gasteiger partial charge in [-0.25, -0.2) is 8.42 Å². The predicted octanol–water partition coefficient (Wildman–Crippen LogP) is 1.56. The maximum absolute atomic E-state index is 13.6. The summed E-state index contributed by atoms with van der Waals surface area (Å²) in [5.74, 6) is -1.22. The Morgan fingerprint density at radius 1 is 1.11 bits per heavy atom. The minimum Gasteiger partial charge on any atom is -0.340 e. The number of nitrogens with zero attached hydrogens (tertiary/aromatic N) is 3. The van der Waals surface area contributed by atoms with Gasteiger partial charge in [0.15, 0.2) is 5.78 Å². The van der Waals surface area contributed by atoms with Gasteiger partial charge < -0.3 is 10.2 Å². The number of carbonyl (C=O) groups is 4. The highest BCUT2D eigenvalue weighted by molar-refractivity contribution is 8.04. The summed E-state index contributed by atoms with van der Waals surface area (Å²) < 4.78 is 27.2. The number of hydrogen-bond donors (Lipinski definition) is 1. The Morgan fingerprint density at radius 3 is 2.43 bits per heavy atom. The molecular formula is C26H30N4O6S. The molecule has 1 aromatic heterocycles. The molecule has 2 amide bonds. The molecule has 2 aliphatic rings. The van der Waals surface area contributed by atoms with Crippen molar-refractivity contribution in [3.05, 3.63) is 65.5 Å².